The summed E-state index contributed by atoms with van der Waals surface area (Å²) in [7, 11) is 3.24. The van der Waals surface area contributed by atoms with Crippen molar-refractivity contribution in [2.24, 2.45) is 0 Å². The molecule has 0 N–H and O–H groups in total. The summed E-state index contributed by atoms with van der Waals surface area (Å²) in [5, 5.41) is 10.8. The molecule has 0 atom stereocenters. The normalized spacial score (nSPS) is 10.7. The number of imidazole rings is 1. The van der Waals surface area contributed by atoms with Crippen molar-refractivity contribution in [3.63, 3.8) is 0 Å². The third kappa shape index (κ3) is 2.88. The fraction of sp³-hybridized carbons (Fsp3) is 0.294. The molecule has 2 aromatic heterocycles. The molecule has 0 radical (unpaired) electrons. The van der Waals surface area contributed by atoms with Gasteiger partial charge in [-0.2, -0.15) is 5.26 Å². The van der Waals surface area contributed by atoms with Crippen LogP contribution in [-0.4, -0.2) is 23.8 Å². The van der Waals surface area contributed by atoms with Crippen molar-refractivity contribution in [3.05, 3.63) is 29.6 Å². The van der Waals surface area contributed by atoms with Crippen LogP contribution in [0.25, 0.3) is 21.7 Å². The van der Waals surface area contributed by atoms with Crippen molar-refractivity contribution in [1.29, 1.82) is 5.26 Å². The van der Waals surface area contributed by atoms with Gasteiger partial charge in [0.05, 0.1) is 36.2 Å². The van der Waals surface area contributed by atoms with Gasteiger partial charge < -0.3 is 14.0 Å². The number of nitrogens with zero attached hydrogens (tertiary/aromatic N) is 3. The molecule has 6 heteroatoms. The topological polar surface area (TPSA) is 60.1 Å². The first-order valence-corrected chi connectivity index (χ1v) is 8.19. The van der Waals surface area contributed by atoms with Gasteiger partial charge in [-0.05, 0) is 17.9 Å². The van der Waals surface area contributed by atoms with Crippen LogP contribution in [-0.2, 0) is 6.54 Å². The maximum atomic E-state index is 8.80. The zero-order valence-corrected chi connectivity index (χ0v) is 13.9. The first-order valence-electron chi connectivity index (χ1n) is 7.31. The lowest BCUT2D eigenvalue weighted by atomic mass is 10.2. The van der Waals surface area contributed by atoms with Gasteiger partial charge in [-0.3, -0.25) is 0 Å². The maximum Gasteiger partial charge on any atom is 0.163 e. The number of ether oxygens (including phenoxy) is 2. The third-order valence-electron chi connectivity index (χ3n) is 3.67. The average molecular weight is 327 g/mol. The number of hydrogen-bond acceptors (Lipinski definition) is 5. The van der Waals surface area contributed by atoms with Crippen LogP contribution in [0.5, 0.6) is 11.5 Å². The van der Waals surface area contributed by atoms with Gasteiger partial charge in [0.2, 0.25) is 0 Å². The van der Waals surface area contributed by atoms with E-state index >= 15 is 0 Å². The predicted octanol–water partition coefficient (Wildman–Crippen LogP) is 4.09. The minimum absolute atomic E-state index is 0.525. The molecular weight excluding hydrogens is 310 g/mol. The van der Waals surface area contributed by atoms with Crippen LogP contribution in [0, 0.1) is 11.3 Å². The molecule has 0 amide bonds. The van der Waals surface area contributed by atoms with E-state index in [0.717, 1.165) is 34.7 Å². The molecule has 23 heavy (non-hydrogen) atoms. The van der Waals surface area contributed by atoms with E-state index in [9.17, 15) is 0 Å². The molecule has 0 aliphatic carbocycles. The van der Waals surface area contributed by atoms with Crippen LogP contribution in [0.15, 0.2) is 29.6 Å². The minimum atomic E-state index is 0.525. The smallest absolute Gasteiger partial charge is 0.163 e. The lowest BCUT2D eigenvalue weighted by Crippen LogP contribution is -2.00. The Bertz CT molecular complexity index is 847. The third-order valence-corrected chi connectivity index (χ3v) is 4.53. The van der Waals surface area contributed by atoms with Gasteiger partial charge in [0.25, 0.3) is 0 Å². The number of rotatable bonds is 6. The fourth-order valence-corrected chi connectivity index (χ4v) is 3.31. The largest absolute Gasteiger partial charge is 0.493 e. The minimum Gasteiger partial charge on any atom is -0.493 e. The number of aryl methyl sites for hydroxylation is 1. The molecule has 3 rings (SSSR count). The Morgan fingerprint density at radius 2 is 2.04 bits per heavy atom. The Morgan fingerprint density at radius 3 is 2.70 bits per heavy atom. The van der Waals surface area contributed by atoms with E-state index in [-0.39, 0.29) is 0 Å². The number of aromatic nitrogens is 2. The van der Waals surface area contributed by atoms with E-state index in [1.54, 1.807) is 25.6 Å². The monoisotopic (exact) mass is 327 g/mol. The molecule has 2 heterocycles. The number of fused-ring (bicyclic) bond motifs is 1. The fourth-order valence-electron chi connectivity index (χ4n) is 2.59. The van der Waals surface area contributed by atoms with Crippen LogP contribution in [0.3, 0.4) is 0 Å². The predicted molar refractivity (Wildman–Crippen MR) is 91.0 cm³/mol. The van der Waals surface area contributed by atoms with E-state index in [1.807, 2.05) is 23.6 Å². The standard InChI is InChI=1S/C17H17N3O2S/c1-21-14-10-12-13(11-15(14)22-2)20(8-4-3-7-18)17(19-12)16-6-5-9-23-16/h5-6,9-11H,3-4,8H2,1-2H3. The van der Waals surface area contributed by atoms with Crippen molar-refractivity contribution in [3.8, 4) is 28.3 Å². The molecule has 0 fully saturated rings. The van der Waals surface area contributed by atoms with Gasteiger partial charge in [-0.1, -0.05) is 6.07 Å². The van der Waals surface area contributed by atoms with Crippen LogP contribution < -0.4 is 9.47 Å². The second-order valence-corrected chi connectivity index (χ2v) is 5.97. The highest BCUT2D eigenvalue weighted by atomic mass is 32.1. The second-order valence-electron chi connectivity index (χ2n) is 5.02. The Hall–Kier alpha value is -2.52. The quantitative estimate of drug-likeness (QED) is 0.640. The highest BCUT2D eigenvalue weighted by Crippen LogP contribution is 2.35. The summed E-state index contributed by atoms with van der Waals surface area (Å²) in [6, 6.07) is 10.1. The number of methoxy groups -OCH3 is 2. The molecule has 0 bridgehead atoms. The van der Waals surface area contributed by atoms with E-state index < -0.39 is 0 Å². The number of hydrogen-bond donors (Lipinski definition) is 0. The van der Waals surface area contributed by atoms with E-state index in [0.29, 0.717) is 17.9 Å². The molecule has 0 aliphatic rings. The van der Waals surface area contributed by atoms with Crippen molar-refractivity contribution in [2.45, 2.75) is 19.4 Å². The van der Waals surface area contributed by atoms with Crippen LogP contribution in [0.2, 0.25) is 0 Å². The number of unbranched alkanes of at least 4 members (excludes halogenated alkanes) is 1. The maximum absolute atomic E-state index is 8.80. The van der Waals surface area contributed by atoms with Gasteiger partial charge in [-0.15, -0.1) is 11.3 Å². The Morgan fingerprint density at radius 1 is 1.26 bits per heavy atom. The lowest BCUT2D eigenvalue weighted by molar-refractivity contribution is 0.355. The molecule has 5 nitrogen and oxygen atoms in total. The first kappa shape index (κ1) is 15.4. The van der Waals surface area contributed by atoms with Crippen molar-refractivity contribution in [2.75, 3.05) is 14.2 Å². The number of benzene rings is 1. The van der Waals surface area contributed by atoms with Crippen molar-refractivity contribution in [1.82, 2.24) is 9.55 Å². The molecule has 118 valence electrons. The molecule has 0 saturated heterocycles. The zero-order valence-electron chi connectivity index (χ0n) is 13.1. The summed E-state index contributed by atoms with van der Waals surface area (Å²) in [5.74, 6) is 2.27. The molecule has 0 spiro atoms. The van der Waals surface area contributed by atoms with Crippen molar-refractivity contribution >= 4 is 22.4 Å². The summed E-state index contributed by atoms with van der Waals surface area (Å²) in [6.07, 6.45) is 1.31. The Labute approximate surface area is 138 Å². The van der Waals surface area contributed by atoms with E-state index in [1.165, 1.54) is 0 Å². The number of thiophene rings is 1. The summed E-state index contributed by atoms with van der Waals surface area (Å²) >= 11 is 1.65. The molecule has 3 aromatic rings. The van der Waals surface area contributed by atoms with Gasteiger partial charge in [0.1, 0.15) is 0 Å². The van der Waals surface area contributed by atoms with Gasteiger partial charge >= 0.3 is 0 Å². The number of nitriles is 1. The van der Waals surface area contributed by atoms with Crippen LogP contribution in [0.1, 0.15) is 12.8 Å². The highest BCUT2D eigenvalue weighted by Gasteiger charge is 2.16. The Balaban J connectivity index is 2.17. The molecule has 0 saturated carbocycles. The van der Waals surface area contributed by atoms with Gasteiger partial charge in [0, 0.05) is 25.1 Å². The average Bonchev–Trinajstić information content (AvgIpc) is 3.21. The molecule has 0 aliphatic heterocycles. The molecule has 1 aromatic carbocycles. The SMILES string of the molecule is COc1cc2nc(-c3cccs3)n(CCCC#N)c2cc1OC. The summed E-state index contributed by atoms with van der Waals surface area (Å²) in [6.45, 7) is 0.743. The molecule has 0 unspecified atom stereocenters. The summed E-state index contributed by atoms with van der Waals surface area (Å²) in [5.41, 5.74) is 1.85. The summed E-state index contributed by atoms with van der Waals surface area (Å²) < 4.78 is 12.9. The van der Waals surface area contributed by atoms with Crippen molar-refractivity contribution < 1.29 is 9.47 Å². The summed E-state index contributed by atoms with van der Waals surface area (Å²) in [4.78, 5) is 5.88. The zero-order chi connectivity index (χ0) is 16.2. The van der Waals surface area contributed by atoms with E-state index in [2.05, 4.69) is 16.7 Å². The van der Waals surface area contributed by atoms with Gasteiger partial charge in [0.15, 0.2) is 17.3 Å². The van der Waals surface area contributed by atoms with Crippen LogP contribution >= 0.6 is 11.3 Å². The highest BCUT2D eigenvalue weighted by molar-refractivity contribution is 7.13. The first-order chi connectivity index (χ1) is 11.3. The second kappa shape index (κ2) is 6.71. The molecular formula is C17H17N3O2S. The van der Waals surface area contributed by atoms with Crippen LogP contribution in [0.4, 0.5) is 0 Å². The van der Waals surface area contributed by atoms with E-state index in [4.69, 9.17) is 19.7 Å². The Kier molecular flexibility index (Phi) is 4.49. The van der Waals surface area contributed by atoms with Gasteiger partial charge in [-0.25, -0.2) is 4.98 Å². The lowest BCUT2D eigenvalue weighted by Gasteiger charge is -2.10.